The molecule has 0 amide bonds. The van der Waals surface area contributed by atoms with E-state index in [1.165, 1.54) is 17.8 Å². The molecule has 0 aromatic carbocycles. The second kappa shape index (κ2) is 133. The van der Waals surface area contributed by atoms with Gasteiger partial charge in [-0.2, -0.15) is 0 Å². The molecule has 110 heavy (non-hydrogen) atoms. The first kappa shape index (κ1) is 134. The molecule has 110 heteroatoms. The average molecular weight is 3530 g/mol. The number of hydrogen-bond acceptors (Lipinski definition) is 2. The Hall–Kier alpha value is 24.2. The van der Waals surface area contributed by atoms with Gasteiger partial charge in [-0.15, -0.1) is 0 Å². The van der Waals surface area contributed by atoms with Gasteiger partial charge in [-0.1, -0.05) is 0 Å². The summed E-state index contributed by atoms with van der Waals surface area (Å²) >= 11 is 9.66. The molecule has 0 aromatic rings. The summed E-state index contributed by atoms with van der Waals surface area (Å²) in [5, 5.41) is 0. The minimum Gasteiger partial charge on any atom is 0 e. The molecule has 0 aromatic heterocycles. The summed E-state index contributed by atoms with van der Waals surface area (Å²) in [6.45, 7) is 0. The highest BCUT2D eigenvalue weighted by atomic mass is 33.6. The minimum absolute atomic E-state index is 1.37. The highest BCUT2D eigenvalue weighted by Crippen LogP contribution is 1.51. The van der Waals surface area contributed by atoms with Crippen LogP contribution in [-0.2, 0) is 981 Å². The van der Waals surface area contributed by atoms with Crippen molar-refractivity contribution >= 4 is 981 Å². The maximum absolute atomic E-state index is 4.83. The normalized spacial score (nSPS) is 7.89. The van der Waals surface area contributed by atoms with E-state index in [9.17, 15) is 0 Å². The van der Waals surface area contributed by atoms with Gasteiger partial charge in [0.2, 0.25) is 0 Å². The predicted octanol–water partition coefficient (Wildman–Crippen LogP) is -0.264. The Bertz CT molecular complexity index is 8300. The lowest BCUT2D eigenvalue weighted by atomic mass is 30.7. The van der Waals surface area contributed by atoms with Crippen LogP contribution in [0, 0.1) is 0 Å². The second-order valence-electron chi connectivity index (χ2n) is 7.35. The van der Waals surface area contributed by atoms with Crippen LogP contribution in [0.25, 0.3) is 0 Å². The van der Waals surface area contributed by atoms with E-state index in [2.05, 4.69) is 0 Å². The van der Waals surface area contributed by atoms with E-state index in [1.807, 2.05) is 835 Å². The van der Waals surface area contributed by atoms with Crippen LogP contribution >= 0.6 is 0 Å². The van der Waals surface area contributed by atoms with Crippen LogP contribution in [0.2, 0.25) is 0 Å². The molecule has 0 N–H and O–H groups in total. The van der Waals surface area contributed by atoms with Crippen molar-refractivity contribution in [2.75, 3.05) is 0 Å². The molecule has 0 atom stereocenters. The van der Waals surface area contributed by atoms with Gasteiger partial charge in [0.25, 0.3) is 0 Å². The first-order valence-corrected chi connectivity index (χ1v) is 163. The van der Waals surface area contributed by atoms with Crippen LogP contribution in [0.15, 0.2) is 0 Å². The van der Waals surface area contributed by atoms with Gasteiger partial charge in [0, 0.05) is 981 Å². The topological polar surface area (TPSA) is 0 Å². The third-order valence-corrected chi connectivity index (χ3v) is 241. The van der Waals surface area contributed by atoms with E-state index >= 15 is 0 Å². The summed E-state index contributed by atoms with van der Waals surface area (Å²) < 4.78 is 0. The Kier molecular flexibility index (Phi) is 163. The van der Waals surface area contributed by atoms with E-state index < -0.39 is 0 Å². The van der Waals surface area contributed by atoms with Crippen molar-refractivity contribution in [3.05, 3.63) is 0 Å². The highest BCUT2D eigenvalue weighted by Gasteiger charge is 1.52. The molecule has 0 bridgehead atoms. The zero-order valence-electron chi connectivity index (χ0n) is 44.9. The van der Waals surface area contributed by atoms with Gasteiger partial charge in [0.05, 0.1) is 0 Å². The lowest BCUT2D eigenvalue weighted by molar-refractivity contribution is 5.95. The monoisotopic (exact) mass is 3520 g/mol. The van der Waals surface area contributed by atoms with E-state index in [4.69, 9.17) is 22.4 Å². The van der Waals surface area contributed by atoms with E-state index in [-0.39, 0.29) is 0 Å². The highest BCUT2D eigenvalue weighted by molar-refractivity contribution is 8.88. The van der Waals surface area contributed by atoms with Crippen molar-refractivity contribution in [3.63, 3.8) is 0 Å². The van der Waals surface area contributed by atoms with Crippen molar-refractivity contribution < 1.29 is 0 Å². The fraction of sp³-hybridized carbons (Fsp3) is 0. The van der Waals surface area contributed by atoms with Crippen LogP contribution < -0.4 is 0 Å². The molecule has 0 saturated heterocycles. The quantitative estimate of drug-likeness (QED) is 0.329. The van der Waals surface area contributed by atoms with E-state index in [1.54, 1.807) is 107 Å². The molecule has 0 rings (SSSR count). The maximum Gasteiger partial charge on any atom is 0 e. The molecular weight excluding hydrogens is 3530 g/mol. The van der Waals surface area contributed by atoms with Crippen LogP contribution in [0.1, 0.15) is 0 Å². The Balaban J connectivity index is 6.19. The van der Waals surface area contributed by atoms with Gasteiger partial charge < -0.3 is 0 Å². The Labute approximate surface area is 950 Å². The van der Waals surface area contributed by atoms with Crippen molar-refractivity contribution in [2.24, 2.45) is 0 Å². The molecule has 0 nitrogen and oxygen atoms in total. The van der Waals surface area contributed by atoms with E-state index in [0.717, 1.165) is 0 Å². The summed E-state index contributed by atoms with van der Waals surface area (Å²) in [5.74, 6) is 0. The first-order chi connectivity index (χ1) is 54.9. The minimum atomic E-state index is 1.37. The summed E-state index contributed by atoms with van der Waals surface area (Å²) in [4.78, 5) is 0. The van der Waals surface area contributed by atoms with Crippen LogP contribution in [0.3, 0.4) is 0 Å². The molecule has 0 unspecified atom stereocenters. The molecule has 660 valence electrons. The average Bonchev–Trinajstić information content (AvgIpc) is 3.58. The van der Waals surface area contributed by atoms with Gasteiger partial charge in [-0.3, -0.25) is 0 Å². The fourth-order valence-electron chi connectivity index (χ4n) is 1.20. The van der Waals surface area contributed by atoms with Crippen molar-refractivity contribution in [3.8, 4) is 0 Å². The lowest BCUT2D eigenvalue weighted by Gasteiger charge is -1.41. The number of rotatable bonds is 0. The molecule has 0 fully saturated rings. The summed E-state index contributed by atoms with van der Waals surface area (Å²) in [6.07, 6.45) is 0. The van der Waals surface area contributed by atoms with Gasteiger partial charge in [0.1, 0.15) is 0 Å². The smallest absolute Gasteiger partial charge is 0 e. The summed E-state index contributed by atoms with van der Waals surface area (Å²) in [5.41, 5.74) is 0. The zero-order chi connectivity index (χ0) is 78.4. The van der Waals surface area contributed by atoms with Gasteiger partial charge >= 0.3 is 0 Å². The lowest BCUT2D eigenvalue weighted by Crippen LogP contribution is -1.42. The molecule has 0 saturated carbocycles. The van der Waals surface area contributed by atoms with Gasteiger partial charge in [0.15, 0.2) is 0 Å². The molecule has 0 heterocycles. The molecular formula is S110. The van der Waals surface area contributed by atoms with Crippen LogP contribution in [0.4, 0.5) is 0 Å². The van der Waals surface area contributed by atoms with Gasteiger partial charge in [-0.05, 0) is 0 Å². The zero-order valence-corrected chi connectivity index (χ0v) is 135. The summed E-state index contributed by atoms with van der Waals surface area (Å²) in [7, 11) is 196. The maximum atomic E-state index is 4.83. The molecule has 0 aliphatic rings. The van der Waals surface area contributed by atoms with Crippen LogP contribution in [0.5, 0.6) is 0 Å². The molecule has 0 aliphatic carbocycles. The molecule has 0 spiro atoms. The van der Waals surface area contributed by atoms with E-state index in [0.29, 0.717) is 0 Å². The van der Waals surface area contributed by atoms with Crippen LogP contribution in [-0.4, -0.2) is 0 Å². The first-order valence-electron chi connectivity index (χ1n) is 18.2. The Morgan fingerprint density at radius 1 is 0.0455 bits per heavy atom. The SMILES string of the molecule is S=S=S=S=S=S=S=S=S=S=S=S=S=S=S=S=S=S=S=S=S=S=S=S=S=S=S=S=S=S=S=S=S=S=S=S=S=S=S=S=S=S=S=S=S=S=S=S=S=S=S=S=S=S=S=S=S=S=S=S=S=S=S=S=S=S=S=S=S=S=S=S=S=S=S=S=S=S=S=S=S=S=S=S=S=S=S=S=S=S=S=S=S=S=S=S=S=S=S=S=S=S=S=S=S=S=S=S=S=S. The molecule has 0 radical (unpaired) electrons. The van der Waals surface area contributed by atoms with Gasteiger partial charge in [-0.25, -0.2) is 0 Å². The molecule has 0 aliphatic heterocycles. The third-order valence-electron chi connectivity index (χ3n) is 2.97. The number of hydrogen-bond donors (Lipinski definition) is 0. The predicted molar refractivity (Wildman–Crippen MR) is 810 cm³/mol. The largest absolute Gasteiger partial charge is 0 e. The van der Waals surface area contributed by atoms with Crippen molar-refractivity contribution in [2.45, 2.75) is 0 Å². The standard InChI is InChI=1S/S110/c1-3-5-7-9-11-13-15-17-19-21-23-25-27-29-31-33-35-37-39-41-43-45-47-49-51-53-55-57-59-61-63-65-67-69-71-73-75-77-79-81-83-85-87-89-91-93-95-97-99-101-103-105-107-109-110-108-106-104-102-100-98-96-94-92-90-88-86-84-82-80-78-76-74-72-70-68-66-64-62-60-58-56-54-52-50-48-46-44-42-40-38-36-34-32-30-28-26-24-22-20-18-16-14-12-10-8-6-4-2. The summed E-state index contributed by atoms with van der Waals surface area (Å²) in [6, 6.07) is 0. The Morgan fingerprint density at radius 3 is 0.100 bits per heavy atom. The Morgan fingerprint density at radius 2 is 0.0727 bits per heavy atom. The fourth-order valence-corrected chi connectivity index (χ4v) is 292. The van der Waals surface area contributed by atoms with Crippen molar-refractivity contribution in [1.82, 2.24) is 0 Å². The third kappa shape index (κ3) is 132. The van der Waals surface area contributed by atoms with Crippen molar-refractivity contribution in [1.29, 1.82) is 0 Å². The second-order valence-corrected chi connectivity index (χ2v) is 198.